The molecule has 2 aliphatic rings. The zero-order valence-corrected chi connectivity index (χ0v) is 15.4. The van der Waals surface area contributed by atoms with E-state index in [1.165, 1.54) is 11.1 Å². The first kappa shape index (κ1) is 17.9. The average molecular weight is 352 g/mol. The van der Waals surface area contributed by atoms with Crippen LogP contribution in [0.15, 0.2) is 24.3 Å². The zero-order chi connectivity index (χ0) is 17.0. The number of nitrogens with zero attached hydrogens (tertiary/aromatic N) is 2. The van der Waals surface area contributed by atoms with E-state index in [-0.39, 0.29) is 0 Å². The van der Waals surface area contributed by atoms with Crippen LogP contribution in [0.4, 0.5) is 0 Å². The summed E-state index contributed by atoms with van der Waals surface area (Å²) in [5.74, 6) is 0.462. The molecular weight excluding hydrogens is 322 g/mol. The summed E-state index contributed by atoms with van der Waals surface area (Å²) in [5.41, 5.74) is 2.86. The number of nitrogens with one attached hydrogen (secondary N) is 1. The fraction of sp³-hybridized carbons (Fsp3) is 0.667. The van der Waals surface area contributed by atoms with E-state index >= 15 is 0 Å². The molecule has 1 unspecified atom stereocenters. The maximum absolute atomic E-state index is 12.3. The lowest BCUT2D eigenvalue weighted by atomic mass is 10.00. The number of piperidine rings is 1. The number of rotatable bonds is 6. The molecule has 0 aliphatic carbocycles. The fourth-order valence-corrected chi connectivity index (χ4v) is 5.11. The molecule has 3 rings (SSSR count). The minimum absolute atomic E-state index is 0.462. The highest BCUT2D eigenvalue weighted by molar-refractivity contribution is 7.87. The van der Waals surface area contributed by atoms with E-state index in [0.29, 0.717) is 25.6 Å². The van der Waals surface area contributed by atoms with Gasteiger partial charge in [-0.15, -0.1) is 0 Å². The highest BCUT2D eigenvalue weighted by atomic mass is 32.2. The summed E-state index contributed by atoms with van der Waals surface area (Å²) in [6.45, 7) is 6.93. The summed E-state index contributed by atoms with van der Waals surface area (Å²) in [4.78, 5) is 2.42. The van der Waals surface area contributed by atoms with E-state index in [9.17, 15) is 8.42 Å². The van der Waals surface area contributed by atoms with Gasteiger partial charge in [-0.05, 0) is 49.3 Å². The second-order valence-corrected chi connectivity index (χ2v) is 8.91. The molecule has 1 N–H and O–H groups in total. The van der Waals surface area contributed by atoms with E-state index in [4.69, 9.17) is 0 Å². The van der Waals surface area contributed by atoms with Crippen molar-refractivity contribution in [2.24, 2.45) is 5.92 Å². The third-order valence-corrected chi connectivity index (χ3v) is 6.69. The maximum Gasteiger partial charge on any atom is 0.279 e. The summed E-state index contributed by atoms with van der Waals surface area (Å²) in [7, 11) is -3.30. The summed E-state index contributed by atoms with van der Waals surface area (Å²) < 4.78 is 29.1. The highest BCUT2D eigenvalue weighted by Crippen LogP contribution is 2.19. The Labute approximate surface area is 146 Å². The molecule has 0 saturated carbocycles. The number of hydrogen-bond donors (Lipinski definition) is 1. The van der Waals surface area contributed by atoms with Gasteiger partial charge in [0.1, 0.15) is 0 Å². The largest absolute Gasteiger partial charge is 0.299 e. The summed E-state index contributed by atoms with van der Waals surface area (Å²) >= 11 is 0. The second kappa shape index (κ2) is 7.95. The van der Waals surface area contributed by atoms with Crippen molar-refractivity contribution in [1.82, 2.24) is 13.9 Å². The standard InChI is InChI=1S/C18H29N3O2S/c1-16-6-4-12-21(14-16)24(22,23)19-10-5-11-20-13-9-17-7-2-3-8-18(17)15-20/h2-3,7-8,16,19H,4-6,9-15H2,1H3. The Morgan fingerprint density at radius 3 is 2.79 bits per heavy atom. The Morgan fingerprint density at radius 1 is 1.21 bits per heavy atom. The predicted octanol–water partition coefficient (Wildman–Crippen LogP) is 2.00. The Bertz CT molecular complexity index is 647. The SMILES string of the molecule is CC1CCCN(S(=O)(=O)NCCCN2CCc3ccccc3C2)C1. The van der Waals surface area contributed by atoms with E-state index < -0.39 is 10.2 Å². The maximum atomic E-state index is 12.3. The fourth-order valence-electron chi connectivity index (χ4n) is 3.70. The minimum Gasteiger partial charge on any atom is -0.299 e. The van der Waals surface area contributed by atoms with Gasteiger partial charge in [0, 0.05) is 32.7 Å². The van der Waals surface area contributed by atoms with E-state index in [1.54, 1.807) is 4.31 Å². The molecule has 134 valence electrons. The Hall–Kier alpha value is -0.950. The van der Waals surface area contributed by atoms with Crippen LogP contribution in [-0.2, 0) is 23.2 Å². The molecule has 6 heteroatoms. The van der Waals surface area contributed by atoms with Crippen LogP contribution in [0, 0.1) is 5.92 Å². The van der Waals surface area contributed by atoms with Crippen molar-refractivity contribution < 1.29 is 8.42 Å². The van der Waals surface area contributed by atoms with E-state index in [2.05, 4.69) is 40.8 Å². The third kappa shape index (κ3) is 4.57. The van der Waals surface area contributed by atoms with Crippen LogP contribution in [0.3, 0.4) is 0 Å². The van der Waals surface area contributed by atoms with Crippen LogP contribution < -0.4 is 4.72 Å². The number of benzene rings is 1. The lowest BCUT2D eigenvalue weighted by molar-refractivity contribution is 0.250. The first-order chi connectivity index (χ1) is 11.5. The van der Waals surface area contributed by atoms with Crippen molar-refractivity contribution in [1.29, 1.82) is 0 Å². The van der Waals surface area contributed by atoms with Gasteiger partial charge in [0.25, 0.3) is 10.2 Å². The van der Waals surface area contributed by atoms with Crippen LogP contribution in [0.25, 0.3) is 0 Å². The van der Waals surface area contributed by atoms with Gasteiger partial charge >= 0.3 is 0 Å². The third-order valence-electron chi connectivity index (χ3n) is 5.10. The van der Waals surface area contributed by atoms with Gasteiger partial charge in [0.15, 0.2) is 0 Å². The molecule has 2 aliphatic heterocycles. The van der Waals surface area contributed by atoms with Crippen molar-refractivity contribution >= 4 is 10.2 Å². The molecule has 0 spiro atoms. The molecule has 1 saturated heterocycles. The normalized spacial score (nSPS) is 23.1. The van der Waals surface area contributed by atoms with Crippen LogP contribution in [0.1, 0.15) is 37.3 Å². The van der Waals surface area contributed by atoms with Gasteiger partial charge in [-0.25, -0.2) is 4.72 Å². The van der Waals surface area contributed by atoms with Crippen LogP contribution in [0.2, 0.25) is 0 Å². The quantitative estimate of drug-likeness (QED) is 0.798. The summed E-state index contributed by atoms with van der Waals surface area (Å²) in [6, 6.07) is 8.60. The lowest BCUT2D eigenvalue weighted by Gasteiger charge is -2.30. The monoisotopic (exact) mass is 351 g/mol. The molecule has 0 bridgehead atoms. The molecule has 1 atom stereocenters. The average Bonchev–Trinajstić information content (AvgIpc) is 2.59. The summed E-state index contributed by atoms with van der Waals surface area (Å²) in [6.07, 6.45) is 4.04. The molecule has 24 heavy (non-hydrogen) atoms. The predicted molar refractivity (Wildman–Crippen MR) is 96.9 cm³/mol. The van der Waals surface area contributed by atoms with Crippen LogP contribution in [0.5, 0.6) is 0 Å². The van der Waals surface area contributed by atoms with Gasteiger partial charge in [-0.1, -0.05) is 31.2 Å². The molecule has 2 heterocycles. The van der Waals surface area contributed by atoms with Gasteiger partial charge in [0.05, 0.1) is 0 Å². The first-order valence-corrected chi connectivity index (χ1v) is 10.5. The Morgan fingerprint density at radius 2 is 2.00 bits per heavy atom. The molecule has 1 aromatic rings. The zero-order valence-electron chi connectivity index (χ0n) is 14.6. The van der Waals surface area contributed by atoms with Crippen LogP contribution >= 0.6 is 0 Å². The topological polar surface area (TPSA) is 52.7 Å². The Balaban J connectivity index is 1.41. The first-order valence-electron chi connectivity index (χ1n) is 9.08. The van der Waals surface area contributed by atoms with E-state index in [1.807, 2.05) is 0 Å². The smallest absolute Gasteiger partial charge is 0.279 e. The molecule has 0 amide bonds. The molecule has 0 radical (unpaired) electrons. The second-order valence-electron chi connectivity index (χ2n) is 7.15. The number of hydrogen-bond acceptors (Lipinski definition) is 3. The highest BCUT2D eigenvalue weighted by Gasteiger charge is 2.26. The minimum atomic E-state index is -3.30. The van der Waals surface area contributed by atoms with Crippen LogP contribution in [-0.4, -0.2) is 50.3 Å². The van der Waals surface area contributed by atoms with E-state index in [0.717, 1.165) is 45.3 Å². The van der Waals surface area contributed by atoms with Gasteiger partial charge in [-0.2, -0.15) is 12.7 Å². The van der Waals surface area contributed by atoms with Crippen molar-refractivity contribution in [3.05, 3.63) is 35.4 Å². The molecule has 5 nitrogen and oxygen atoms in total. The molecule has 0 aromatic heterocycles. The summed E-state index contributed by atoms with van der Waals surface area (Å²) in [5, 5.41) is 0. The van der Waals surface area contributed by atoms with Crippen molar-refractivity contribution in [3.63, 3.8) is 0 Å². The van der Waals surface area contributed by atoms with Crippen molar-refractivity contribution in [2.75, 3.05) is 32.7 Å². The molecule has 1 fully saturated rings. The Kier molecular flexibility index (Phi) is 5.92. The molecular formula is C18H29N3O2S. The van der Waals surface area contributed by atoms with Crippen molar-refractivity contribution in [2.45, 2.75) is 39.2 Å². The number of fused-ring (bicyclic) bond motifs is 1. The van der Waals surface area contributed by atoms with Gasteiger partial charge in [0.2, 0.25) is 0 Å². The molecule has 1 aromatic carbocycles. The van der Waals surface area contributed by atoms with Gasteiger partial charge < -0.3 is 0 Å². The lowest BCUT2D eigenvalue weighted by Crippen LogP contribution is -2.46. The van der Waals surface area contributed by atoms with Crippen molar-refractivity contribution in [3.8, 4) is 0 Å². The van der Waals surface area contributed by atoms with Gasteiger partial charge in [-0.3, -0.25) is 4.90 Å².